The fourth-order valence-electron chi connectivity index (χ4n) is 2.10. The number of carbonyl (C=O) groups excluding carboxylic acids is 1. The molecule has 0 unspecified atom stereocenters. The van der Waals surface area contributed by atoms with Gasteiger partial charge in [0, 0.05) is 16.6 Å². The van der Waals surface area contributed by atoms with Crippen molar-refractivity contribution in [1.82, 2.24) is 0 Å². The Morgan fingerprint density at radius 3 is 2.35 bits per heavy atom. The van der Waals surface area contributed by atoms with E-state index in [1.54, 1.807) is 12.1 Å². The summed E-state index contributed by atoms with van der Waals surface area (Å²) in [7, 11) is -3.24. The Balaban J connectivity index is 1.69. The van der Waals surface area contributed by atoms with Crippen LogP contribution in [0, 0.1) is 0 Å². The summed E-state index contributed by atoms with van der Waals surface area (Å²) in [5.41, 5.74) is 0.524. The van der Waals surface area contributed by atoms with Gasteiger partial charge in [-0.15, -0.1) is 11.3 Å². The zero-order valence-electron chi connectivity index (χ0n) is 12.2. The Morgan fingerprint density at radius 1 is 1.00 bits per heavy atom. The molecule has 0 aliphatic carbocycles. The Kier molecular flexibility index (Phi) is 4.06. The first-order chi connectivity index (χ1) is 10.9. The predicted octanol–water partition coefficient (Wildman–Crippen LogP) is 3.95. The second-order valence-electron chi connectivity index (χ2n) is 5.02. The van der Waals surface area contributed by atoms with Gasteiger partial charge >= 0.3 is 6.03 Å². The Hall–Kier alpha value is -2.38. The Bertz CT molecular complexity index is 927. The van der Waals surface area contributed by atoms with E-state index in [9.17, 15) is 13.2 Å². The maximum absolute atomic E-state index is 12.0. The lowest BCUT2D eigenvalue weighted by Crippen LogP contribution is -2.18. The number of nitrogens with one attached hydrogen (secondary N) is 2. The van der Waals surface area contributed by atoms with Gasteiger partial charge in [0.1, 0.15) is 0 Å². The molecule has 3 rings (SSSR count). The summed E-state index contributed by atoms with van der Waals surface area (Å²) in [5, 5.41) is 7.27. The molecule has 3 aromatic rings. The maximum Gasteiger partial charge on any atom is 0.324 e. The number of benzene rings is 2. The molecular weight excluding hydrogens is 332 g/mol. The highest BCUT2D eigenvalue weighted by molar-refractivity contribution is 7.90. The topological polar surface area (TPSA) is 75.3 Å². The molecule has 0 saturated carbocycles. The number of fused-ring (bicyclic) bond motifs is 1. The third kappa shape index (κ3) is 3.69. The number of hydrogen-bond donors (Lipinski definition) is 2. The summed E-state index contributed by atoms with van der Waals surface area (Å²) in [6.45, 7) is 0. The molecule has 1 heterocycles. The molecule has 0 aliphatic rings. The van der Waals surface area contributed by atoms with E-state index >= 15 is 0 Å². The van der Waals surface area contributed by atoms with Crippen LogP contribution in [-0.4, -0.2) is 20.7 Å². The lowest BCUT2D eigenvalue weighted by molar-refractivity contribution is 0.262. The van der Waals surface area contributed by atoms with Crippen molar-refractivity contribution in [3.8, 4) is 0 Å². The first-order valence-electron chi connectivity index (χ1n) is 6.78. The van der Waals surface area contributed by atoms with Crippen LogP contribution in [-0.2, 0) is 9.84 Å². The number of thiophene rings is 1. The van der Waals surface area contributed by atoms with Gasteiger partial charge in [0.05, 0.1) is 9.90 Å². The van der Waals surface area contributed by atoms with Crippen LogP contribution in [0.25, 0.3) is 10.1 Å². The lowest BCUT2D eigenvalue weighted by Gasteiger charge is -2.06. The molecule has 0 atom stereocenters. The van der Waals surface area contributed by atoms with Crippen molar-refractivity contribution in [3.05, 3.63) is 54.6 Å². The highest BCUT2D eigenvalue weighted by Crippen LogP contribution is 2.29. The van der Waals surface area contributed by atoms with Gasteiger partial charge in [-0.1, -0.05) is 18.2 Å². The number of sulfone groups is 1. The van der Waals surface area contributed by atoms with Crippen LogP contribution in [0.3, 0.4) is 0 Å². The minimum atomic E-state index is -3.24. The normalized spacial score (nSPS) is 11.3. The van der Waals surface area contributed by atoms with E-state index < -0.39 is 9.84 Å². The summed E-state index contributed by atoms with van der Waals surface area (Å²) in [5.74, 6) is 0. The summed E-state index contributed by atoms with van der Waals surface area (Å²) in [6.07, 6.45) is 1.14. The second kappa shape index (κ2) is 6.02. The summed E-state index contributed by atoms with van der Waals surface area (Å²) in [4.78, 5) is 12.2. The van der Waals surface area contributed by atoms with Crippen LogP contribution >= 0.6 is 11.3 Å². The van der Waals surface area contributed by atoms with Crippen LogP contribution in [0.15, 0.2) is 59.5 Å². The van der Waals surface area contributed by atoms with Gasteiger partial charge in [0.15, 0.2) is 9.84 Å². The minimum absolute atomic E-state index is 0.216. The van der Waals surface area contributed by atoms with Gasteiger partial charge in [-0.05, 0) is 41.8 Å². The van der Waals surface area contributed by atoms with Crippen LogP contribution in [0.1, 0.15) is 0 Å². The maximum atomic E-state index is 12.0. The van der Waals surface area contributed by atoms with E-state index in [4.69, 9.17) is 0 Å². The molecule has 0 spiro atoms. The monoisotopic (exact) mass is 346 g/mol. The molecule has 2 aromatic carbocycles. The third-order valence-electron chi connectivity index (χ3n) is 3.20. The van der Waals surface area contributed by atoms with E-state index in [0.717, 1.165) is 21.3 Å². The summed E-state index contributed by atoms with van der Waals surface area (Å²) in [6, 6.07) is 15.5. The van der Waals surface area contributed by atoms with E-state index in [-0.39, 0.29) is 10.9 Å². The largest absolute Gasteiger partial charge is 0.324 e. The van der Waals surface area contributed by atoms with Gasteiger partial charge in [-0.2, -0.15) is 0 Å². The van der Waals surface area contributed by atoms with Crippen molar-refractivity contribution >= 4 is 48.0 Å². The quantitative estimate of drug-likeness (QED) is 0.754. The van der Waals surface area contributed by atoms with Gasteiger partial charge < -0.3 is 5.32 Å². The van der Waals surface area contributed by atoms with Crippen molar-refractivity contribution in [2.24, 2.45) is 0 Å². The molecule has 118 valence electrons. The molecule has 7 heteroatoms. The summed E-state index contributed by atoms with van der Waals surface area (Å²) < 4.78 is 23.9. The number of amides is 2. The molecular formula is C16H14N2O3S2. The van der Waals surface area contributed by atoms with E-state index in [0.29, 0.717) is 5.69 Å². The molecule has 1 aromatic heterocycles. The minimum Gasteiger partial charge on any atom is -0.308 e. The van der Waals surface area contributed by atoms with Crippen LogP contribution in [0.2, 0.25) is 0 Å². The molecule has 0 aliphatic heterocycles. The average Bonchev–Trinajstić information content (AvgIpc) is 2.88. The fourth-order valence-corrected chi connectivity index (χ4v) is 3.69. The van der Waals surface area contributed by atoms with E-state index in [1.807, 2.05) is 30.3 Å². The lowest BCUT2D eigenvalue weighted by atomic mass is 10.3. The molecule has 0 fully saturated rings. The van der Waals surface area contributed by atoms with Crippen molar-refractivity contribution in [2.45, 2.75) is 4.90 Å². The van der Waals surface area contributed by atoms with Crippen molar-refractivity contribution in [2.75, 3.05) is 16.9 Å². The van der Waals surface area contributed by atoms with Gasteiger partial charge in [-0.3, -0.25) is 5.32 Å². The first-order valence-corrected chi connectivity index (χ1v) is 9.49. The average molecular weight is 346 g/mol. The zero-order chi connectivity index (χ0) is 16.4. The number of rotatable bonds is 3. The van der Waals surface area contributed by atoms with E-state index in [1.165, 1.54) is 23.5 Å². The van der Waals surface area contributed by atoms with Gasteiger partial charge in [0.25, 0.3) is 0 Å². The van der Waals surface area contributed by atoms with Crippen LogP contribution in [0.5, 0.6) is 0 Å². The third-order valence-corrected chi connectivity index (χ3v) is 5.36. The smallest absolute Gasteiger partial charge is 0.308 e. The SMILES string of the molecule is CS(=O)(=O)c1ccc(NC(=O)Nc2cc3ccccc3s2)cc1. The van der Waals surface area contributed by atoms with Crippen molar-refractivity contribution in [3.63, 3.8) is 0 Å². The van der Waals surface area contributed by atoms with Crippen molar-refractivity contribution < 1.29 is 13.2 Å². The molecule has 0 radical (unpaired) electrons. The Labute approximate surface area is 137 Å². The zero-order valence-corrected chi connectivity index (χ0v) is 13.9. The standard InChI is InChI=1S/C16H14N2O3S2/c1-23(20,21)13-8-6-12(7-9-13)17-16(19)18-15-10-11-4-2-3-5-14(11)22-15/h2-10H,1H3,(H2,17,18,19). The Morgan fingerprint density at radius 2 is 1.70 bits per heavy atom. The number of urea groups is 1. The highest BCUT2D eigenvalue weighted by atomic mass is 32.2. The first kappa shape index (κ1) is 15.5. The summed E-state index contributed by atoms with van der Waals surface area (Å²) >= 11 is 1.49. The number of hydrogen-bond acceptors (Lipinski definition) is 4. The number of carbonyl (C=O) groups is 1. The molecule has 5 nitrogen and oxygen atoms in total. The number of anilines is 2. The second-order valence-corrected chi connectivity index (χ2v) is 8.12. The predicted molar refractivity (Wildman–Crippen MR) is 94.0 cm³/mol. The molecule has 0 saturated heterocycles. The van der Waals surface area contributed by atoms with E-state index in [2.05, 4.69) is 10.6 Å². The fraction of sp³-hybridized carbons (Fsp3) is 0.0625. The van der Waals surface area contributed by atoms with Crippen molar-refractivity contribution in [1.29, 1.82) is 0 Å². The molecule has 2 N–H and O–H groups in total. The highest BCUT2D eigenvalue weighted by Gasteiger charge is 2.09. The molecule has 0 bridgehead atoms. The van der Waals surface area contributed by atoms with Crippen LogP contribution < -0.4 is 10.6 Å². The molecule has 23 heavy (non-hydrogen) atoms. The van der Waals surface area contributed by atoms with Gasteiger partial charge in [0.2, 0.25) is 0 Å². The van der Waals surface area contributed by atoms with Gasteiger partial charge in [-0.25, -0.2) is 13.2 Å². The van der Waals surface area contributed by atoms with Crippen LogP contribution in [0.4, 0.5) is 15.5 Å². The molecule has 2 amide bonds.